The van der Waals surface area contributed by atoms with Crippen molar-refractivity contribution in [2.75, 3.05) is 5.32 Å². The van der Waals surface area contributed by atoms with Gasteiger partial charge in [-0.1, -0.05) is 32.5 Å². The summed E-state index contributed by atoms with van der Waals surface area (Å²) in [5.74, 6) is 0.940. The Hall–Kier alpha value is -1.10. The molecule has 0 aromatic carbocycles. The summed E-state index contributed by atoms with van der Waals surface area (Å²) in [4.78, 5) is 0.407. The Labute approximate surface area is 109 Å². The molecule has 0 amide bonds. The van der Waals surface area contributed by atoms with E-state index in [1.165, 1.54) is 0 Å². The van der Waals surface area contributed by atoms with E-state index in [0.29, 0.717) is 11.0 Å². The van der Waals surface area contributed by atoms with Crippen molar-refractivity contribution in [2.24, 2.45) is 12.8 Å². The molecule has 3 N–H and O–H groups in total. The number of nitrogens with one attached hydrogen (secondary N) is 1. The van der Waals surface area contributed by atoms with Gasteiger partial charge in [-0.25, -0.2) is 0 Å². The van der Waals surface area contributed by atoms with Gasteiger partial charge in [0.2, 0.25) is 0 Å². The van der Waals surface area contributed by atoms with Crippen LogP contribution in [-0.4, -0.2) is 20.8 Å². The van der Waals surface area contributed by atoms with E-state index in [0.717, 1.165) is 36.3 Å². The molecule has 0 radical (unpaired) electrons. The second-order valence-electron chi connectivity index (χ2n) is 4.34. The quantitative estimate of drug-likeness (QED) is 0.765. The van der Waals surface area contributed by atoms with Gasteiger partial charge < -0.3 is 11.1 Å². The fourth-order valence-electron chi connectivity index (χ4n) is 2.04. The third-order valence-corrected chi connectivity index (χ3v) is 3.14. The number of nitrogens with two attached hydrogens (primary N) is 1. The van der Waals surface area contributed by atoms with Crippen molar-refractivity contribution in [3.05, 3.63) is 11.3 Å². The maximum atomic E-state index is 5.76. The summed E-state index contributed by atoms with van der Waals surface area (Å²) >= 11 is 5.09. The maximum Gasteiger partial charge on any atom is 0.134 e. The highest BCUT2D eigenvalue weighted by Gasteiger charge is 2.17. The number of aromatic nitrogens is 2. The fourth-order valence-corrected chi connectivity index (χ4v) is 2.28. The first-order valence-corrected chi connectivity index (χ1v) is 6.51. The number of rotatable bonds is 6. The molecule has 1 atom stereocenters. The first-order chi connectivity index (χ1) is 8.01. The average molecular weight is 254 g/mol. The van der Waals surface area contributed by atoms with Gasteiger partial charge in [-0.05, 0) is 19.8 Å². The monoisotopic (exact) mass is 254 g/mol. The molecule has 1 unspecified atom stereocenters. The van der Waals surface area contributed by atoms with Gasteiger partial charge in [-0.2, -0.15) is 5.10 Å². The van der Waals surface area contributed by atoms with E-state index in [4.69, 9.17) is 18.0 Å². The van der Waals surface area contributed by atoms with E-state index < -0.39 is 0 Å². The van der Waals surface area contributed by atoms with Crippen LogP contribution >= 0.6 is 12.2 Å². The van der Waals surface area contributed by atoms with E-state index in [9.17, 15) is 0 Å². The van der Waals surface area contributed by atoms with Crippen LogP contribution in [-0.2, 0) is 7.05 Å². The van der Waals surface area contributed by atoms with Crippen LogP contribution in [0.5, 0.6) is 0 Å². The molecule has 1 aromatic rings. The number of anilines is 1. The van der Waals surface area contributed by atoms with Crippen molar-refractivity contribution in [1.82, 2.24) is 9.78 Å². The van der Waals surface area contributed by atoms with Crippen LogP contribution in [0.2, 0.25) is 0 Å². The standard InChI is InChI=1S/C12H22N4S/c1-5-7-9(6-2)14-12-10(11(13)17)8(3)15-16(12)4/h9,14H,5-7H2,1-4H3,(H2,13,17). The largest absolute Gasteiger partial charge is 0.389 e. The summed E-state index contributed by atoms with van der Waals surface area (Å²) in [6.07, 6.45) is 3.37. The summed E-state index contributed by atoms with van der Waals surface area (Å²) in [5.41, 5.74) is 7.51. The molecule has 1 heterocycles. The predicted octanol–water partition coefficient (Wildman–Crippen LogP) is 2.35. The number of thiocarbonyl (C=S) groups is 1. The third kappa shape index (κ3) is 3.19. The van der Waals surface area contributed by atoms with Crippen LogP contribution < -0.4 is 11.1 Å². The zero-order valence-corrected chi connectivity index (χ0v) is 11.9. The Kier molecular flexibility index (Phi) is 4.93. The van der Waals surface area contributed by atoms with Gasteiger partial charge in [0.25, 0.3) is 0 Å². The summed E-state index contributed by atoms with van der Waals surface area (Å²) < 4.78 is 1.82. The molecule has 0 bridgehead atoms. The number of hydrogen-bond donors (Lipinski definition) is 2. The van der Waals surface area contributed by atoms with Crippen LogP contribution in [0, 0.1) is 6.92 Å². The second-order valence-corrected chi connectivity index (χ2v) is 4.77. The molecule has 1 rings (SSSR count). The van der Waals surface area contributed by atoms with Crippen molar-refractivity contribution >= 4 is 23.0 Å². The minimum Gasteiger partial charge on any atom is -0.389 e. The minimum atomic E-state index is 0.407. The van der Waals surface area contributed by atoms with E-state index in [1.807, 2.05) is 18.7 Å². The number of nitrogens with zero attached hydrogens (tertiary/aromatic N) is 2. The summed E-state index contributed by atoms with van der Waals surface area (Å²) in [7, 11) is 1.91. The SMILES string of the molecule is CCCC(CC)Nc1c(C(N)=S)c(C)nn1C. The van der Waals surface area contributed by atoms with E-state index in [1.54, 1.807) is 0 Å². The van der Waals surface area contributed by atoms with E-state index >= 15 is 0 Å². The second kappa shape index (κ2) is 6.00. The van der Waals surface area contributed by atoms with E-state index in [2.05, 4.69) is 24.3 Å². The van der Waals surface area contributed by atoms with Crippen LogP contribution in [0.15, 0.2) is 0 Å². The fraction of sp³-hybridized carbons (Fsp3) is 0.667. The highest BCUT2D eigenvalue weighted by atomic mass is 32.1. The lowest BCUT2D eigenvalue weighted by atomic mass is 10.1. The molecule has 0 aliphatic heterocycles. The molecule has 0 aliphatic carbocycles. The van der Waals surface area contributed by atoms with Gasteiger partial charge in [0.1, 0.15) is 10.8 Å². The molecule has 1 aromatic heterocycles. The summed E-state index contributed by atoms with van der Waals surface area (Å²) in [6.45, 7) is 6.30. The first kappa shape index (κ1) is 14.0. The molecular weight excluding hydrogens is 232 g/mol. The van der Waals surface area contributed by atoms with Gasteiger partial charge in [-0.3, -0.25) is 4.68 Å². The smallest absolute Gasteiger partial charge is 0.134 e. The molecule has 0 saturated carbocycles. The van der Waals surface area contributed by atoms with Crippen molar-refractivity contribution < 1.29 is 0 Å². The summed E-state index contributed by atoms with van der Waals surface area (Å²) in [6, 6.07) is 0.447. The lowest BCUT2D eigenvalue weighted by Crippen LogP contribution is -2.22. The Morgan fingerprint density at radius 3 is 2.65 bits per heavy atom. The van der Waals surface area contributed by atoms with Crippen LogP contribution in [0.1, 0.15) is 44.4 Å². The van der Waals surface area contributed by atoms with Crippen molar-refractivity contribution in [2.45, 2.75) is 46.1 Å². The molecule has 96 valence electrons. The van der Waals surface area contributed by atoms with Gasteiger partial charge in [0, 0.05) is 13.1 Å². The molecule has 0 fully saturated rings. The van der Waals surface area contributed by atoms with Crippen LogP contribution in [0.3, 0.4) is 0 Å². The normalized spacial score (nSPS) is 12.5. The van der Waals surface area contributed by atoms with Crippen LogP contribution in [0.4, 0.5) is 5.82 Å². The summed E-state index contributed by atoms with van der Waals surface area (Å²) in [5, 5.41) is 7.87. The molecule has 5 heteroatoms. The highest BCUT2D eigenvalue weighted by Crippen LogP contribution is 2.21. The minimum absolute atomic E-state index is 0.407. The molecule has 4 nitrogen and oxygen atoms in total. The number of hydrogen-bond acceptors (Lipinski definition) is 3. The van der Waals surface area contributed by atoms with Crippen molar-refractivity contribution in [3.8, 4) is 0 Å². The first-order valence-electron chi connectivity index (χ1n) is 6.11. The zero-order valence-electron chi connectivity index (χ0n) is 11.1. The number of aryl methyl sites for hydroxylation is 2. The maximum absolute atomic E-state index is 5.76. The van der Waals surface area contributed by atoms with Gasteiger partial charge in [0.15, 0.2) is 0 Å². The average Bonchev–Trinajstić information content (AvgIpc) is 2.53. The van der Waals surface area contributed by atoms with E-state index in [-0.39, 0.29) is 0 Å². The van der Waals surface area contributed by atoms with Gasteiger partial charge in [0.05, 0.1) is 11.3 Å². The molecule has 0 saturated heterocycles. The lowest BCUT2D eigenvalue weighted by molar-refractivity contribution is 0.611. The van der Waals surface area contributed by atoms with Gasteiger partial charge >= 0.3 is 0 Å². The molecule has 0 spiro atoms. The Morgan fingerprint density at radius 2 is 2.18 bits per heavy atom. The topological polar surface area (TPSA) is 55.9 Å². The molecule has 17 heavy (non-hydrogen) atoms. The van der Waals surface area contributed by atoms with Gasteiger partial charge in [-0.15, -0.1) is 0 Å². The zero-order chi connectivity index (χ0) is 13.0. The predicted molar refractivity (Wildman–Crippen MR) is 76.4 cm³/mol. The Morgan fingerprint density at radius 1 is 1.53 bits per heavy atom. The molecule has 0 aliphatic rings. The third-order valence-electron chi connectivity index (χ3n) is 2.94. The Balaban J connectivity index is 3.00. The van der Waals surface area contributed by atoms with Crippen LogP contribution in [0.25, 0.3) is 0 Å². The lowest BCUT2D eigenvalue weighted by Gasteiger charge is -2.18. The van der Waals surface area contributed by atoms with Crippen molar-refractivity contribution in [1.29, 1.82) is 0 Å². The molecular formula is C12H22N4S. The Bertz CT molecular complexity index is 397. The highest BCUT2D eigenvalue weighted by molar-refractivity contribution is 7.80. The van der Waals surface area contributed by atoms with Crippen molar-refractivity contribution in [3.63, 3.8) is 0 Å².